The molecule has 0 saturated heterocycles. The highest BCUT2D eigenvalue weighted by Crippen LogP contribution is 2.36. The van der Waals surface area contributed by atoms with Crippen molar-refractivity contribution >= 4 is 54.9 Å². The van der Waals surface area contributed by atoms with Crippen LogP contribution in [0, 0.1) is 0 Å². The second kappa shape index (κ2) is 6.41. The minimum atomic E-state index is -0.434. The van der Waals surface area contributed by atoms with Crippen LogP contribution in [0.15, 0.2) is 46.9 Å². The first-order valence-electron chi connectivity index (χ1n) is 6.77. The van der Waals surface area contributed by atoms with Gasteiger partial charge in [0.1, 0.15) is 10.6 Å². The minimum absolute atomic E-state index is 0.425. The second-order valence-corrected chi connectivity index (χ2v) is 7.03. The molecule has 0 amide bonds. The van der Waals surface area contributed by atoms with E-state index in [1.165, 1.54) is 16.9 Å². The molecule has 0 aliphatic rings. The zero-order valence-electron chi connectivity index (χ0n) is 11.7. The van der Waals surface area contributed by atoms with Gasteiger partial charge in [0.25, 0.3) is 0 Å². The number of thiophene rings is 1. The number of aryl methyl sites for hydroxylation is 1. The lowest BCUT2D eigenvalue weighted by Gasteiger charge is -2.07. The van der Waals surface area contributed by atoms with Gasteiger partial charge in [-0.25, -0.2) is 4.79 Å². The van der Waals surface area contributed by atoms with E-state index in [4.69, 9.17) is 16.3 Å². The SMILES string of the molecule is CCc1ccc(OC(=O)c2sc3ccccc3c2Cl)c(Br)c1. The van der Waals surface area contributed by atoms with Crippen molar-refractivity contribution in [1.82, 2.24) is 0 Å². The van der Waals surface area contributed by atoms with Crippen LogP contribution in [0.4, 0.5) is 0 Å². The van der Waals surface area contributed by atoms with E-state index in [-0.39, 0.29) is 0 Å². The van der Waals surface area contributed by atoms with Crippen LogP contribution >= 0.6 is 38.9 Å². The number of carbonyl (C=O) groups is 1. The molecule has 0 atom stereocenters. The summed E-state index contributed by atoms with van der Waals surface area (Å²) < 4.78 is 7.21. The van der Waals surface area contributed by atoms with E-state index in [0.717, 1.165) is 21.0 Å². The number of fused-ring (bicyclic) bond motifs is 1. The Kier molecular flexibility index (Phi) is 4.52. The van der Waals surface area contributed by atoms with E-state index >= 15 is 0 Å². The molecule has 2 nitrogen and oxygen atoms in total. The van der Waals surface area contributed by atoms with E-state index in [2.05, 4.69) is 22.9 Å². The Morgan fingerprint density at radius 1 is 1.27 bits per heavy atom. The maximum absolute atomic E-state index is 12.4. The predicted molar refractivity (Wildman–Crippen MR) is 95.3 cm³/mol. The Balaban J connectivity index is 1.92. The quantitative estimate of drug-likeness (QED) is 0.396. The molecule has 22 heavy (non-hydrogen) atoms. The van der Waals surface area contributed by atoms with Crippen LogP contribution in [0.25, 0.3) is 10.1 Å². The van der Waals surface area contributed by atoms with Gasteiger partial charge in [-0.15, -0.1) is 11.3 Å². The number of carbonyl (C=O) groups excluding carboxylic acids is 1. The van der Waals surface area contributed by atoms with Gasteiger partial charge in [-0.1, -0.05) is 42.8 Å². The Morgan fingerprint density at radius 2 is 2.05 bits per heavy atom. The molecule has 1 aromatic heterocycles. The second-order valence-electron chi connectivity index (χ2n) is 4.75. The molecule has 0 radical (unpaired) electrons. The zero-order chi connectivity index (χ0) is 15.7. The topological polar surface area (TPSA) is 26.3 Å². The minimum Gasteiger partial charge on any atom is -0.421 e. The van der Waals surface area contributed by atoms with E-state index in [9.17, 15) is 4.79 Å². The third kappa shape index (κ3) is 2.91. The number of halogens is 2. The average molecular weight is 396 g/mol. The smallest absolute Gasteiger partial charge is 0.355 e. The van der Waals surface area contributed by atoms with E-state index in [1.807, 2.05) is 36.4 Å². The number of esters is 1. The van der Waals surface area contributed by atoms with Crippen molar-refractivity contribution in [2.24, 2.45) is 0 Å². The molecular weight excluding hydrogens is 384 g/mol. The zero-order valence-corrected chi connectivity index (χ0v) is 14.9. The molecule has 0 aliphatic heterocycles. The largest absolute Gasteiger partial charge is 0.421 e. The fourth-order valence-electron chi connectivity index (χ4n) is 2.14. The van der Waals surface area contributed by atoms with Crippen molar-refractivity contribution in [2.75, 3.05) is 0 Å². The number of benzene rings is 2. The highest BCUT2D eigenvalue weighted by atomic mass is 79.9. The summed E-state index contributed by atoms with van der Waals surface area (Å²) in [6, 6.07) is 13.4. The molecule has 112 valence electrons. The number of hydrogen-bond acceptors (Lipinski definition) is 3. The van der Waals surface area contributed by atoms with Crippen molar-refractivity contribution in [2.45, 2.75) is 13.3 Å². The summed E-state index contributed by atoms with van der Waals surface area (Å²) in [5, 5.41) is 1.33. The van der Waals surface area contributed by atoms with Crippen LogP contribution in [0.3, 0.4) is 0 Å². The van der Waals surface area contributed by atoms with Gasteiger partial charge >= 0.3 is 5.97 Å². The van der Waals surface area contributed by atoms with Gasteiger partial charge in [0.2, 0.25) is 0 Å². The van der Waals surface area contributed by atoms with Gasteiger partial charge in [0, 0.05) is 10.1 Å². The maximum atomic E-state index is 12.4. The molecule has 0 fully saturated rings. The maximum Gasteiger partial charge on any atom is 0.355 e. The van der Waals surface area contributed by atoms with E-state index in [1.54, 1.807) is 6.07 Å². The van der Waals surface area contributed by atoms with Crippen molar-refractivity contribution in [3.05, 3.63) is 62.4 Å². The summed E-state index contributed by atoms with van der Waals surface area (Å²) in [5.74, 6) is 0.0619. The monoisotopic (exact) mass is 394 g/mol. The van der Waals surface area contributed by atoms with Gasteiger partial charge in [0.05, 0.1) is 9.50 Å². The number of hydrogen-bond donors (Lipinski definition) is 0. The van der Waals surface area contributed by atoms with Crippen molar-refractivity contribution < 1.29 is 9.53 Å². The Bertz CT molecular complexity index is 857. The molecular formula is C17H12BrClO2S. The van der Waals surface area contributed by atoms with Crippen LogP contribution in [-0.4, -0.2) is 5.97 Å². The van der Waals surface area contributed by atoms with Crippen molar-refractivity contribution in [3.63, 3.8) is 0 Å². The molecule has 0 aliphatic carbocycles. The van der Waals surface area contributed by atoms with E-state index in [0.29, 0.717) is 15.6 Å². The number of rotatable bonds is 3. The summed E-state index contributed by atoms with van der Waals surface area (Å²) in [6.07, 6.45) is 0.926. The Labute approximate surface area is 145 Å². The van der Waals surface area contributed by atoms with Crippen LogP contribution < -0.4 is 4.74 Å². The Hall–Kier alpha value is -1.36. The Morgan fingerprint density at radius 3 is 2.73 bits per heavy atom. The molecule has 3 aromatic rings. The first-order chi connectivity index (χ1) is 10.6. The summed E-state index contributed by atoms with van der Waals surface area (Å²) in [5.41, 5.74) is 1.17. The third-order valence-corrected chi connectivity index (χ3v) is 5.60. The average Bonchev–Trinajstić information content (AvgIpc) is 2.87. The lowest BCUT2D eigenvalue weighted by atomic mass is 10.2. The third-order valence-electron chi connectivity index (χ3n) is 3.33. The van der Waals surface area contributed by atoms with Gasteiger partial charge in [-0.05, 0) is 46.1 Å². The van der Waals surface area contributed by atoms with Gasteiger partial charge in [0.15, 0.2) is 0 Å². The van der Waals surface area contributed by atoms with Crippen LogP contribution in [0.5, 0.6) is 5.75 Å². The van der Waals surface area contributed by atoms with E-state index < -0.39 is 5.97 Å². The first-order valence-corrected chi connectivity index (χ1v) is 8.76. The molecule has 1 heterocycles. The number of ether oxygens (including phenoxy) is 1. The molecule has 5 heteroatoms. The summed E-state index contributed by atoms with van der Waals surface area (Å²) >= 11 is 11.1. The molecule has 0 spiro atoms. The predicted octanol–water partition coefficient (Wildman–Crippen LogP) is 6.10. The molecule has 0 saturated carbocycles. The highest BCUT2D eigenvalue weighted by molar-refractivity contribution is 9.10. The highest BCUT2D eigenvalue weighted by Gasteiger charge is 2.19. The summed E-state index contributed by atoms with van der Waals surface area (Å²) in [7, 11) is 0. The van der Waals surface area contributed by atoms with Gasteiger partial charge in [-0.2, -0.15) is 0 Å². The molecule has 2 aromatic carbocycles. The van der Waals surface area contributed by atoms with Crippen molar-refractivity contribution in [3.8, 4) is 5.75 Å². The molecule has 3 rings (SSSR count). The van der Waals surface area contributed by atoms with Crippen LogP contribution in [-0.2, 0) is 6.42 Å². The normalized spacial score (nSPS) is 10.9. The lowest BCUT2D eigenvalue weighted by Crippen LogP contribution is -2.07. The first kappa shape index (κ1) is 15.5. The van der Waals surface area contributed by atoms with Crippen LogP contribution in [0.2, 0.25) is 5.02 Å². The standard InChI is InChI=1S/C17H12BrClO2S/c1-2-10-7-8-13(12(18)9-10)21-17(20)16-15(19)11-5-3-4-6-14(11)22-16/h3-9H,2H2,1H3. The van der Waals surface area contributed by atoms with Gasteiger partial charge < -0.3 is 4.74 Å². The fourth-order valence-corrected chi connectivity index (χ4v) is 4.03. The lowest BCUT2D eigenvalue weighted by molar-refractivity contribution is 0.0739. The molecule has 0 unspecified atom stereocenters. The molecule has 0 bridgehead atoms. The molecule has 0 N–H and O–H groups in total. The van der Waals surface area contributed by atoms with Crippen molar-refractivity contribution in [1.29, 1.82) is 0 Å². The fraction of sp³-hybridized carbons (Fsp3) is 0.118. The van der Waals surface area contributed by atoms with Crippen LogP contribution in [0.1, 0.15) is 22.2 Å². The summed E-state index contributed by atoms with van der Waals surface area (Å²) in [6.45, 7) is 2.07. The summed E-state index contributed by atoms with van der Waals surface area (Å²) in [4.78, 5) is 12.8. The van der Waals surface area contributed by atoms with Gasteiger partial charge in [-0.3, -0.25) is 0 Å².